The van der Waals surface area contributed by atoms with Gasteiger partial charge in [0.1, 0.15) is 0 Å². The lowest BCUT2D eigenvalue weighted by atomic mass is 9.85. The number of hydrogen-bond donors (Lipinski definition) is 2. The molecular weight excluding hydrogens is 202 g/mol. The number of nitrogens with one attached hydrogen (secondary N) is 1. The highest BCUT2D eigenvalue weighted by molar-refractivity contribution is 4.76. The smallest absolute Gasteiger partial charge is 0.0692 e. The average Bonchev–Trinajstić information content (AvgIpc) is 2.34. The van der Waals surface area contributed by atoms with E-state index in [0.29, 0.717) is 12.0 Å². The summed E-state index contributed by atoms with van der Waals surface area (Å²) in [6.07, 6.45) is 7.19. The number of methoxy groups -OCH3 is 1. The number of aliphatic hydroxyl groups is 1. The van der Waals surface area contributed by atoms with Crippen molar-refractivity contribution in [3.8, 4) is 0 Å². The van der Waals surface area contributed by atoms with Gasteiger partial charge in [-0.05, 0) is 32.1 Å². The first kappa shape index (κ1) is 13.9. The summed E-state index contributed by atoms with van der Waals surface area (Å²) in [7, 11) is 1.73. The van der Waals surface area contributed by atoms with Crippen LogP contribution in [0.4, 0.5) is 0 Å². The quantitative estimate of drug-likeness (QED) is 0.701. The molecule has 16 heavy (non-hydrogen) atoms. The molecule has 0 bridgehead atoms. The first-order valence-corrected chi connectivity index (χ1v) is 6.64. The molecule has 0 amide bonds. The zero-order chi connectivity index (χ0) is 11.8. The van der Waals surface area contributed by atoms with Gasteiger partial charge in [0.15, 0.2) is 0 Å². The zero-order valence-corrected chi connectivity index (χ0v) is 10.7. The standard InChI is InChI=1S/C13H27NO2/c1-11(8-9-16-2)14-10-13(15)12-6-4-3-5-7-12/h11-15H,3-10H2,1-2H3. The zero-order valence-electron chi connectivity index (χ0n) is 10.7. The fourth-order valence-corrected chi connectivity index (χ4v) is 2.40. The van der Waals surface area contributed by atoms with E-state index < -0.39 is 0 Å². The molecule has 0 aromatic heterocycles. The van der Waals surface area contributed by atoms with Crippen LogP contribution < -0.4 is 5.32 Å². The Morgan fingerprint density at radius 2 is 2.00 bits per heavy atom. The second kappa shape index (κ2) is 8.04. The van der Waals surface area contributed by atoms with Crippen molar-refractivity contribution in [2.24, 2.45) is 5.92 Å². The van der Waals surface area contributed by atoms with Crippen molar-refractivity contribution >= 4 is 0 Å². The largest absolute Gasteiger partial charge is 0.392 e. The molecule has 1 aliphatic carbocycles. The molecule has 3 heteroatoms. The molecule has 0 saturated heterocycles. The lowest BCUT2D eigenvalue weighted by Crippen LogP contribution is -2.38. The number of aliphatic hydroxyl groups excluding tert-OH is 1. The third-order valence-corrected chi connectivity index (χ3v) is 3.62. The van der Waals surface area contributed by atoms with Crippen LogP contribution in [-0.2, 0) is 4.74 Å². The van der Waals surface area contributed by atoms with Crippen molar-refractivity contribution in [2.75, 3.05) is 20.3 Å². The highest BCUT2D eigenvalue weighted by Crippen LogP contribution is 2.26. The van der Waals surface area contributed by atoms with Crippen LogP contribution in [0.2, 0.25) is 0 Å². The number of hydrogen-bond acceptors (Lipinski definition) is 3. The summed E-state index contributed by atoms with van der Waals surface area (Å²) in [5.74, 6) is 0.524. The van der Waals surface area contributed by atoms with Gasteiger partial charge in [-0.15, -0.1) is 0 Å². The first-order chi connectivity index (χ1) is 7.74. The minimum Gasteiger partial charge on any atom is -0.392 e. The number of ether oxygens (including phenoxy) is 1. The minimum atomic E-state index is -0.162. The molecule has 2 N–H and O–H groups in total. The second-order valence-corrected chi connectivity index (χ2v) is 5.06. The summed E-state index contributed by atoms with van der Waals surface area (Å²) >= 11 is 0. The summed E-state index contributed by atoms with van der Waals surface area (Å²) < 4.78 is 5.03. The van der Waals surface area contributed by atoms with Crippen molar-refractivity contribution in [2.45, 2.75) is 57.6 Å². The molecule has 0 aliphatic heterocycles. The molecule has 1 rings (SSSR count). The predicted molar refractivity (Wildman–Crippen MR) is 66.5 cm³/mol. The van der Waals surface area contributed by atoms with E-state index in [4.69, 9.17) is 4.74 Å². The fraction of sp³-hybridized carbons (Fsp3) is 1.00. The highest BCUT2D eigenvalue weighted by Gasteiger charge is 2.21. The van der Waals surface area contributed by atoms with Gasteiger partial charge in [-0.25, -0.2) is 0 Å². The minimum absolute atomic E-state index is 0.162. The van der Waals surface area contributed by atoms with E-state index in [1.807, 2.05) is 0 Å². The predicted octanol–water partition coefficient (Wildman–Crippen LogP) is 1.94. The number of rotatable bonds is 7. The SMILES string of the molecule is COCCC(C)NCC(O)C1CCCCC1. The Morgan fingerprint density at radius 1 is 1.31 bits per heavy atom. The van der Waals surface area contributed by atoms with Gasteiger partial charge < -0.3 is 15.2 Å². The summed E-state index contributed by atoms with van der Waals surface area (Å²) in [5, 5.41) is 13.4. The molecule has 0 radical (unpaired) electrons. The Hall–Kier alpha value is -0.120. The van der Waals surface area contributed by atoms with E-state index in [2.05, 4.69) is 12.2 Å². The van der Waals surface area contributed by atoms with Crippen LogP contribution in [0.15, 0.2) is 0 Å². The molecule has 2 unspecified atom stereocenters. The van der Waals surface area contributed by atoms with Gasteiger partial charge in [0.25, 0.3) is 0 Å². The van der Waals surface area contributed by atoms with Gasteiger partial charge in [-0.2, -0.15) is 0 Å². The monoisotopic (exact) mass is 229 g/mol. The molecule has 0 heterocycles. The summed E-state index contributed by atoms with van der Waals surface area (Å²) in [4.78, 5) is 0. The molecule has 0 aromatic carbocycles. The molecule has 2 atom stereocenters. The molecule has 0 aromatic rings. The summed E-state index contributed by atoms with van der Waals surface area (Å²) in [6.45, 7) is 3.66. The van der Waals surface area contributed by atoms with Crippen LogP contribution in [0, 0.1) is 5.92 Å². The maximum atomic E-state index is 10.1. The van der Waals surface area contributed by atoms with E-state index >= 15 is 0 Å². The van der Waals surface area contributed by atoms with Crippen LogP contribution in [0.1, 0.15) is 45.4 Å². The maximum absolute atomic E-state index is 10.1. The van der Waals surface area contributed by atoms with Gasteiger partial charge in [0.2, 0.25) is 0 Å². The van der Waals surface area contributed by atoms with E-state index in [0.717, 1.165) is 19.6 Å². The second-order valence-electron chi connectivity index (χ2n) is 5.06. The lowest BCUT2D eigenvalue weighted by Gasteiger charge is -2.27. The topological polar surface area (TPSA) is 41.5 Å². The van der Waals surface area contributed by atoms with Crippen molar-refractivity contribution in [1.29, 1.82) is 0 Å². The molecule has 0 spiro atoms. The van der Waals surface area contributed by atoms with Crippen molar-refractivity contribution in [3.05, 3.63) is 0 Å². The third kappa shape index (κ3) is 5.28. The van der Waals surface area contributed by atoms with E-state index in [1.165, 1.54) is 32.1 Å². The van der Waals surface area contributed by atoms with Crippen molar-refractivity contribution in [3.63, 3.8) is 0 Å². The molecule has 1 fully saturated rings. The summed E-state index contributed by atoms with van der Waals surface area (Å²) in [5.41, 5.74) is 0. The normalized spacial score (nSPS) is 21.9. The van der Waals surface area contributed by atoms with Gasteiger partial charge in [-0.3, -0.25) is 0 Å². The lowest BCUT2D eigenvalue weighted by molar-refractivity contribution is 0.0802. The highest BCUT2D eigenvalue weighted by atomic mass is 16.5. The molecule has 1 saturated carbocycles. The van der Waals surface area contributed by atoms with Crippen LogP contribution >= 0.6 is 0 Å². The third-order valence-electron chi connectivity index (χ3n) is 3.62. The Balaban J connectivity index is 2.10. The molecule has 3 nitrogen and oxygen atoms in total. The Morgan fingerprint density at radius 3 is 2.62 bits per heavy atom. The maximum Gasteiger partial charge on any atom is 0.0692 e. The summed E-state index contributed by atoms with van der Waals surface area (Å²) in [6, 6.07) is 0.429. The Bertz CT molecular complexity index is 169. The van der Waals surface area contributed by atoms with Crippen LogP contribution in [0.3, 0.4) is 0 Å². The van der Waals surface area contributed by atoms with Gasteiger partial charge in [-0.1, -0.05) is 19.3 Å². The van der Waals surface area contributed by atoms with Gasteiger partial charge in [0.05, 0.1) is 6.10 Å². The average molecular weight is 229 g/mol. The van der Waals surface area contributed by atoms with Crippen LogP contribution in [0.25, 0.3) is 0 Å². The molecular formula is C13H27NO2. The van der Waals surface area contributed by atoms with E-state index in [-0.39, 0.29) is 6.10 Å². The van der Waals surface area contributed by atoms with Crippen LogP contribution in [0.5, 0.6) is 0 Å². The van der Waals surface area contributed by atoms with Gasteiger partial charge >= 0.3 is 0 Å². The molecule has 96 valence electrons. The van der Waals surface area contributed by atoms with E-state index in [9.17, 15) is 5.11 Å². The Labute approximate surface area is 99.6 Å². The first-order valence-electron chi connectivity index (χ1n) is 6.64. The van der Waals surface area contributed by atoms with E-state index in [1.54, 1.807) is 7.11 Å². The van der Waals surface area contributed by atoms with Crippen LogP contribution in [-0.4, -0.2) is 37.5 Å². The van der Waals surface area contributed by atoms with Crippen molar-refractivity contribution in [1.82, 2.24) is 5.32 Å². The van der Waals surface area contributed by atoms with Gasteiger partial charge in [0, 0.05) is 26.3 Å². The fourth-order valence-electron chi connectivity index (χ4n) is 2.40. The Kier molecular flexibility index (Phi) is 7.01. The van der Waals surface area contributed by atoms with Crippen molar-refractivity contribution < 1.29 is 9.84 Å². The molecule has 1 aliphatic rings.